The monoisotopic (exact) mass is 192 g/mol. The second kappa shape index (κ2) is 5.18. The molecule has 14 heavy (non-hydrogen) atoms. The minimum atomic E-state index is 0.367. The van der Waals surface area contributed by atoms with Gasteiger partial charge >= 0.3 is 0 Å². The van der Waals surface area contributed by atoms with Gasteiger partial charge in [-0.05, 0) is 56.9 Å². The van der Waals surface area contributed by atoms with Gasteiger partial charge in [0.05, 0.1) is 0 Å². The summed E-state index contributed by atoms with van der Waals surface area (Å²) in [5.41, 5.74) is 1.23. The Morgan fingerprint density at radius 2 is 2.07 bits per heavy atom. The lowest BCUT2D eigenvalue weighted by Gasteiger charge is -2.08. The standard InChI is InChI=1S/C12H18NO/c1-2-6-11(7-3-1)10-13-14-12-8-4-5-9-12/h6,12H,1-5,7-9H2. The number of nitrogens with zero attached hydrogens (tertiary/aromatic N) is 1. The van der Waals surface area contributed by atoms with Crippen LogP contribution in [0.5, 0.6) is 0 Å². The lowest BCUT2D eigenvalue weighted by molar-refractivity contribution is 0.0656. The summed E-state index contributed by atoms with van der Waals surface area (Å²) in [6, 6.07) is 0. The van der Waals surface area contributed by atoms with Crippen molar-refractivity contribution in [3.63, 3.8) is 0 Å². The van der Waals surface area contributed by atoms with Crippen LogP contribution in [-0.4, -0.2) is 12.3 Å². The fourth-order valence-corrected chi connectivity index (χ4v) is 2.09. The third-order valence-corrected chi connectivity index (χ3v) is 2.98. The summed E-state index contributed by atoms with van der Waals surface area (Å²) in [5.74, 6) is 0. The molecule has 77 valence electrons. The van der Waals surface area contributed by atoms with Crippen molar-refractivity contribution in [1.29, 1.82) is 0 Å². The lowest BCUT2D eigenvalue weighted by Crippen LogP contribution is -2.03. The van der Waals surface area contributed by atoms with E-state index in [2.05, 4.69) is 17.4 Å². The van der Waals surface area contributed by atoms with Gasteiger partial charge in [0.15, 0.2) is 0 Å². The molecule has 2 nitrogen and oxygen atoms in total. The third-order valence-electron chi connectivity index (χ3n) is 2.98. The van der Waals surface area contributed by atoms with Crippen molar-refractivity contribution in [2.45, 2.75) is 57.5 Å². The largest absolute Gasteiger partial charge is 0.392 e. The van der Waals surface area contributed by atoms with Gasteiger partial charge in [0.1, 0.15) is 12.3 Å². The van der Waals surface area contributed by atoms with Crippen molar-refractivity contribution < 1.29 is 4.84 Å². The molecule has 0 atom stereocenters. The first-order chi connectivity index (χ1) is 6.95. The second-order valence-corrected chi connectivity index (χ2v) is 4.19. The molecule has 0 aliphatic heterocycles. The molecule has 0 saturated heterocycles. The summed E-state index contributed by atoms with van der Waals surface area (Å²) >= 11 is 0. The Bertz CT molecular complexity index is 226. The van der Waals surface area contributed by atoms with E-state index in [1.807, 2.05) is 0 Å². The van der Waals surface area contributed by atoms with Gasteiger partial charge in [0.2, 0.25) is 0 Å². The summed E-state index contributed by atoms with van der Waals surface area (Å²) in [6.45, 7) is 0. The molecule has 0 aromatic carbocycles. The van der Waals surface area contributed by atoms with Crippen molar-refractivity contribution in [2.24, 2.45) is 5.16 Å². The molecular weight excluding hydrogens is 174 g/mol. The quantitative estimate of drug-likeness (QED) is 0.496. The molecule has 0 aromatic rings. The summed E-state index contributed by atoms with van der Waals surface area (Å²) in [7, 11) is 0. The van der Waals surface area contributed by atoms with Crippen molar-refractivity contribution in [2.75, 3.05) is 0 Å². The number of hydrogen-bond donors (Lipinski definition) is 0. The summed E-state index contributed by atoms with van der Waals surface area (Å²) in [5, 5.41) is 3.96. The Labute approximate surface area is 86.0 Å². The molecule has 0 bridgehead atoms. The van der Waals surface area contributed by atoms with Crippen LogP contribution in [0.1, 0.15) is 51.4 Å². The van der Waals surface area contributed by atoms with Crippen LogP contribution in [0, 0.1) is 0 Å². The van der Waals surface area contributed by atoms with E-state index in [1.165, 1.54) is 50.5 Å². The van der Waals surface area contributed by atoms with Crippen LogP contribution in [-0.2, 0) is 4.84 Å². The zero-order chi connectivity index (χ0) is 9.64. The van der Waals surface area contributed by atoms with Crippen molar-refractivity contribution in [3.8, 4) is 0 Å². The smallest absolute Gasteiger partial charge is 0.135 e. The highest BCUT2D eigenvalue weighted by atomic mass is 16.6. The van der Waals surface area contributed by atoms with E-state index in [0.29, 0.717) is 6.10 Å². The van der Waals surface area contributed by atoms with Crippen molar-refractivity contribution in [3.05, 3.63) is 11.6 Å². The molecular formula is C12H18NO. The van der Waals surface area contributed by atoms with Crippen LogP contribution < -0.4 is 0 Å². The number of hydrogen-bond acceptors (Lipinski definition) is 2. The van der Waals surface area contributed by atoms with Gasteiger partial charge in [-0.15, -0.1) is 0 Å². The first kappa shape index (κ1) is 9.75. The average Bonchev–Trinajstić information content (AvgIpc) is 2.72. The molecule has 2 aliphatic rings. The van der Waals surface area contributed by atoms with Gasteiger partial charge in [-0.25, -0.2) is 0 Å². The van der Waals surface area contributed by atoms with Crippen LogP contribution in [0.2, 0.25) is 0 Å². The third kappa shape index (κ3) is 2.86. The molecule has 1 fully saturated rings. The highest BCUT2D eigenvalue weighted by Crippen LogP contribution is 2.21. The van der Waals surface area contributed by atoms with E-state index in [4.69, 9.17) is 4.84 Å². The second-order valence-electron chi connectivity index (χ2n) is 4.19. The highest BCUT2D eigenvalue weighted by Gasteiger charge is 2.15. The SMILES string of the molecule is [C](=N\OC1CCCC1)/C1=CCCCC1. The average molecular weight is 192 g/mol. The van der Waals surface area contributed by atoms with E-state index in [0.717, 1.165) is 6.42 Å². The summed E-state index contributed by atoms with van der Waals surface area (Å²) in [6.07, 6.45) is 15.4. The van der Waals surface area contributed by atoms with E-state index in [9.17, 15) is 0 Å². The van der Waals surface area contributed by atoms with Crippen LogP contribution in [0.4, 0.5) is 0 Å². The molecule has 2 heteroatoms. The number of rotatable bonds is 3. The first-order valence-electron chi connectivity index (χ1n) is 5.76. The first-order valence-corrected chi connectivity index (χ1v) is 5.76. The normalized spacial score (nSPS) is 24.1. The lowest BCUT2D eigenvalue weighted by atomic mass is 10.0. The predicted molar refractivity (Wildman–Crippen MR) is 57.3 cm³/mol. The zero-order valence-corrected chi connectivity index (χ0v) is 8.67. The Balaban J connectivity index is 1.72. The molecule has 0 aromatic heterocycles. The maximum absolute atomic E-state index is 5.38. The summed E-state index contributed by atoms with van der Waals surface area (Å²) in [4.78, 5) is 5.38. The van der Waals surface area contributed by atoms with E-state index >= 15 is 0 Å². The molecule has 0 N–H and O–H groups in total. The Morgan fingerprint density at radius 1 is 1.21 bits per heavy atom. The maximum atomic E-state index is 5.38. The van der Waals surface area contributed by atoms with Gasteiger partial charge < -0.3 is 4.84 Å². The van der Waals surface area contributed by atoms with E-state index in [-0.39, 0.29) is 0 Å². The summed E-state index contributed by atoms with van der Waals surface area (Å²) < 4.78 is 0. The Morgan fingerprint density at radius 3 is 2.79 bits per heavy atom. The van der Waals surface area contributed by atoms with Gasteiger partial charge in [-0.1, -0.05) is 11.2 Å². The molecule has 1 saturated carbocycles. The van der Waals surface area contributed by atoms with Gasteiger partial charge in [-0.2, -0.15) is 0 Å². The minimum absolute atomic E-state index is 0.367. The van der Waals surface area contributed by atoms with E-state index < -0.39 is 0 Å². The van der Waals surface area contributed by atoms with Crippen LogP contribution in [0.25, 0.3) is 0 Å². The molecule has 0 heterocycles. The van der Waals surface area contributed by atoms with Crippen LogP contribution in [0.15, 0.2) is 16.8 Å². The fourth-order valence-electron chi connectivity index (χ4n) is 2.09. The van der Waals surface area contributed by atoms with Gasteiger partial charge in [0, 0.05) is 0 Å². The van der Waals surface area contributed by atoms with Crippen LogP contribution >= 0.6 is 0 Å². The highest BCUT2D eigenvalue weighted by molar-refractivity contribution is 5.78. The molecule has 1 radical (unpaired) electrons. The van der Waals surface area contributed by atoms with Crippen molar-refractivity contribution in [1.82, 2.24) is 0 Å². The minimum Gasteiger partial charge on any atom is -0.392 e. The molecule has 0 unspecified atom stereocenters. The maximum Gasteiger partial charge on any atom is 0.135 e. The van der Waals surface area contributed by atoms with Gasteiger partial charge in [0.25, 0.3) is 0 Å². The molecule has 0 spiro atoms. The van der Waals surface area contributed by atoms with E-state index in [1.54, 1.807) is 0 Å². The fraction of sp³-hybridized carbons (Fsp3) is 0.750. The molecule has 2 rings (SSSR count). The Kier molecular flexibility index (Phi) is 3.61. The Hall–Kier alpha value is -0.790. The zero-order valence-electron chi connectivity index (χ0n) is 8.67. The van der Waals surface area contributed by atoms with Crippen molar-refractivity contribution >= 4 is 6.21 Å². The van der Waals surface area contributed by atoms with Gasteiger partial charge in [-0.3, -0.25) is 0 Å². The predicted octanol–water partition coefficient (Wildman–Crippen LogP) is 3.31. The van der Waals surface area contributed by atoms with Crippen LogP contribution in [0.3, 0.4) is 0 Å². The molecule has 0 amide bonds. The number of allylic oxidation sites excluding steroid dienone is 2. The molecule has 2 aliphatic carbocycles. The topological polar surface area (TPSA) is 21.6 Å².